The van der Waals surface area contributed by atoms with Crippen LogP contribution in [0.3, 0.4) is 0 Å². The summed E-state index contributed by atoms with van der Waals surface area (Å²) in [6.45, 7) is -0.257. The van der Waals surface area contributed by atoms with Crippen molar-refractivity contribution in [3.05, 3.63) is 24.8 Å². The number of halogens is 2. The Balaban J connectivity index is 1.87. The van der Waals surface area contributed by atoms with E-state index in [1.165, 1.54) is 10.9 Å². The van der Waals surface area contributed by atoms with Crippen LogP contribution in [0.5, 0.6) is 0 Å². The van der Waals surface area contributed by atoms with Gasteiger partial charge < -0.3 is 14.5 Å². The zero-order valence-corrected chi connectivity index (χ0v) is 11.5. The van der Waals surface area contributed by atoms with Crippen molar-refractivity contribution in [3.63, 3.8) is 0 Å². The summed E-state index contributed by atoms with van der Waals surface area (Å²) in [6.07, 6.45) is 5.40. The molecule has 114 valence electrons. The van der Waals surface area contributed by atoms with Crippen LogP contribution in [0, 0.1) is 0 Å². The molecule has 4 heterocycles. The van der Waals surface area contributed by atoms with Gasteiger partial charge in [0.05, 0.1) is 24.6 Å². The highest BCUT2D eigenvalue weighted by molar-refractivity contribution is 6.00. The second-order valence-electron chi connectivity index (χ2n) is 5.53. The molecule has 0 aliphatic carbocycles. The second-order valence-corrected chi connectivity index (χ2v) is 5.53. The maximum Gasteiger partial charge on any atom is 0.285 e. The number of aromatic amines is 1. The van der Waals surface area contributed by atoms with Gasteiger partial charge in [-0.15, -0.1) is 0 Å². The van der Waals surface area contributed by atoms with Gasteiger partial charge in [-0.2, -0.15) is 0 Å². The Bertz CT molecular complexity index is 855. The number of piperidine rings is 1. The number of fused-ring (bicyclic) bond motifs is 3. The third-order valence-corrected chi connectivity index (χ3v) is 4.19. The molecule has 8 heteroatoms. The van der Waals surface area contributed by atoms with Crippen LogP contribution < -0.4 is 0 Å². The molecule has 0 aromatic carbocycles. The highest BCUT2D eigenvalue weighted by atomic mass is 19.3. The summed E-state index contributed by atoms with van der Waals surface area (Å²) >= 11 is 0. The first kappa shape index (κ1) is 13.2. The van der Waals surface area contributed by atoms with Gasteiger partial charge in [0.15, 0.2) is 0 Å². The Kier molecular flexibility index (Phi) is 2.69. The maximum atomic E-state index is 14.5. The van der Waals surface area contributed by atoms with Gasteiger partial charge in [0.2, 0.25) is 6.41 Å². The molecule has 1 fully saturated rings. The lowest BCUT2D eigenvalue weighted by Gasteiger charge is -2.37. The van der Waals surface area contributed by atoms with Crippen molar-refractivity contribution in [2.24, 2.45) is 0 Å². The fraction of sp³-hybridized carbons (Fsp3) is 0.357. The molecule has 3 aromatic heterocycles. The monoisotopic (exact) mass is 305 g/mol. The van der Waals surface area contributed by atoms with E-state index in [1.54, 1.807) is 12.4 Å². The third-order valence-electron chi connectivity index (χ3n) is 4.19. The standard InChI is InChI=1S/C14H13F2N5O/c15-14(16)6-20(8-22)4-2-11(14)21-7-19-10-5-18-13-9(12(10)21)1-3-17-13/h1,3,5,7-8,11H,2,4,6H2,(H,17,18). The zero-order chi connectivity index (χ0) is 15.3. The molecule has 1 saturated heterocycles. The molecule has 1 atom stereocenters. The van der Waals surface area contributed by atoms with Crippen LogP contribution in [0.4, 0.5) is 8.78 Å². The minimum Gasteiger partial charge on any atom is -0.346 e. The molecule has 0 radical (unpaired) electrons. The molecule has 3 aromatic rings. The van der Waals surface area contributed by atoms with Crippen LogP contribution in [0.15, 0.2) is 24.8 Å². The fourth-order valence-electron chi connectivity index (χ4n) is 3.15. The number of amides is 1. The van der Waals surface area contributed by atoms with E-state index in [0.29, 0.717) is 29.6 Å². The lowest BCUT2D eigenvalue weighted by atomic mass is 10.0. The molecule has 1 aliphatic rings. The average Bonchev–Trinajstić information content (AvgIpc) is 3.11. The Hall–Kier alpha value is -2.51. The number of aromatic nitrogens is 4. The van der Waals surface area contributed by atoms with E-state index in [1.807, 2.05) is 6.07 Å². The number of likely N-dealkylation sites (tertiary alicyclic amines) is 1. The van der Waals surface area contributed by atoms with E-state index in [9.17, 15) is 13.6 Å². The number of hydrogen-bond acceptors (Lipinski definition) is 3. The van der Waals surface area contributed by atoms with Gasteiger partial charge in [-0.05, 0) is 12.5 Å². The van der Waals surface area contributed by atoms with Gasteiger partial charge in [0.25, 0.3) is 5.92 Å². The predicted octanol–water partition coefficient (Wildman–Crippen LogP) is 1.95. The molecule has 0 spiro atoms. The molecular weight excluding hydrogens is 292 g/mol. The number of rotatable bonds is 2. The number of alkyl halides is 2. The van der Waals surface area contributed by atoms with Gasteiger partial charge in [0.1, 0.15) is 17.2 Å². The number of hydrogen-bond donors (Lipinski definition) is 1. The van der Waals surface area contributed by atoms with E-state index in [4.69, 9.17) is 0 Å². The summed E-state index contributed by atoms with van der Waals surface area (Å²) < 4.78 is 30.4. The molecule has 1 aliphatic heterocycles. The Morgan fingerprint density at radius 3 is 3.05 bits per heavy atom. The molecule has 0 bridgehead atoms. The second kappa shape index (κ2) is 4.49. The van der Waals surface area contributed by atoms with Crippen LogP contribution >= 0.6 is 0 Å². The maximum absolute atomic E-state index is 14.5. The minimum absolute atomic E-state index is 0.186. The van der Waals surface area contributed by atoms with Crippen molar-refractivity contribution in [1.82, 2.24) is 24.4 Å². The first-order chi connectivity index (χ1) is 10.6. The van der Waals surface area contributed by atoms with E-state index in [0.717, 1.165) is 10.3 Å². The first-order valence-corrected chi connectivity index (χ1v) is 6.96. The highest BCUT2D eigenvalue weighted by Gasteiger charge is 2.46. The van der Waals surface area contributed by atoms with Gasteiger partial charge in [-0.25, -0.2) is 18.7 Å². The molecule has 4 rings (SSSR count). The molecule has 1 N–H and O–H groups in total. The number of carbonyl (C=O) groups excluding carboxylic acids is 1. The average molecular weight is 305 g/mol. The Morgan fingerprint density at radius 1 is 1.41 bits per heavy atom. The number of pyridine rings is 1. The van der Waals surface area contributed by atoms with E-state index in [-0.39, 0.29) is 6.42 Å². The van der Waals surface area contributed by atoms with Crippen LogP contribution in [0.1, 0.15) is 12.5 Å². The van der Waals surface area contributed by atoms with Crippen LogP contribution in [-0.2, 0) is 4.79 Å². The topological polar surface area (TPSA) is 66.8 Å². The molecule has 1 unspecified atom stereocenters. The number of carbonyl (C=O) groups is 1. The summed E-state index contributed by atoms with van der Waals surface area (Å²) in [5.41, 5.74) is 1.87. The van der Waals surface area contributed by atoms with Crippen molar-refractivity contribution in [2.75, 3.05) is 13.1 Å². The summed E-state index contributed by atoms with van der Waals surface area (Å²) in [5.74, 6) is -3.00. The molecule has 6 nitrogen and oxygen atoms in total. The quantitative estimate of drug-likeness (QED) is 0.736. The van der Waals surface area contributed by atoms with Crippen molar-refractivity contribution in [1.29, 1.82) is 0 Å². The number of imidazole rings is 1. The SMILES string of the molecule is O=CN1CCC(n2cnc3cnc4[nH]ccc4c32)C(F)(F)C1. The number of nitrogens with one attached hydrogen (secondary N) is 1. The van der Waals surface area contributed by atoms with Crippen LogP contribution in [0.25, 0.3) is 22.1 Å². The summed E-state index contributed by atoms with van der Waals surface area (Å²) in [4.78, 5) is 23.3. The van der Waals surface area contributed by atoms with Gasteiger partial charge >= 0.3 is 0 Å². The largest absolute Gasteiger partial charge is 0.346 e. The molecule has 22 heavy (non-hydrogen) atoms. The van der Waals surface area contributed by atoms with Crippen LogP contribution in [-0.4, -0.2) is 49.8 Å². The van der Waals surface area contributed by atoms with Crippen molar-refractivity contribution in [2.45, 2.75) is 18.4 Å². The fourth-order valence-corrected chi connectivity index (χ4v) is 3.15. The number of H-pyrrole nitrogens is 1. The Morgan fingerprint density at radius 2 is 2.27 bits per heavy atom. The highest BCUT2D eigenvalue weighted by Crippen LogP contribution is 2.38. The van der Waals surface area contributed by atoms with Gasteiger partial charge in [0, 0.05) is 18.1 Å². The van der Waals surface area contributed by atoms with Crippen molar-refractivity contribution in [3.8, 4) is 0 Å². The van der Waals surface area contributed by atoms with E-state index >= 15 is 0 Å². The van der Waals surface area contributed by atoms with Crippen molar-refractivity contribution < 1.29 is 13.6 Å². The normalized spacial score (nSPS) is 21.5. The van der Waals surface area contributed by atoms with E-state index < -0.39 is 18.5 Å². The summed E-state index contributed by atoms with van der Waals surface area (Å²) in [6, 6.07) is 0.788. The van der Waals surface area contributed by atoms with Gasteiger partial charge in [-0.1, -0.05) is 0 Å². The van der Waals surface area contributed by atoms with Gasteiger partial charge in [-0.3, -0.25) is 4.79 Å². The van der Waals surface area contributed by atoms with Crippen molar-refractivity contribution >= 4 is 28.5 Å². The number of nitrogens with zero attached hydrogens (tertiary/aromatic N) is 4. The van der Waals surface area contributed by atoms with Crippen LogP contribution in [0.2, 0.25) is 0 Å². The summed E-state index contributed by atoms with van der Waals surface area (Å²) in [7, 11) is 0. The summed E-state index contributed by atoms with van der Waals surface area (Å²) in [5, 5.41) is 0.767. The predicted molar refractivity (Wildman–Crippen MR) is 75.6 cm³/mol. The lowest BCUT2D eigenvalue weighted by Crippen LogP contribution is -2.48. The van der Waals surface area contributed by atoms with E-state index in [2.05, 4.69) is 15.0 Å². The lowest BCUT2D eigenvalue weighted by molar-refractivity contribution is -0.136. The minimum atomic E-state index is -3.00. The molecule has 0 saturated carbocycles. The third kappa shape index (κ3) is 1.79. The molecular formula is C14H13F2N5O. The Labute approximate surface area is 123 Å². The smallest absolute Gasteiger partial charge is 0.285 e. The zero-order valence-electron chi connectivity index (χ0n) is 11.5. The first-order valence-electron chi connectivity index (χ1n) is 6.96. The molecule has 1 amide bonds.